The molecule has 138 valence electrons. The van der Waals surface area contributed by atoms with Gasteiger partial charge in [0, 0.05) is 31.7 Å². The first-order chi connectivity index (χ1) is 12.3. The average Bonchev–Trinajstić information content (AvgIpc) is 2.62. The summed E-state index contributed by atoms with van der Waals surface area (Å²) in [5.41, 5.74) is 1.71. The second-order valence-electron chi connectivity index (χ2n) is 7.31. The number of rotatable bonds is 6. The van der Waals surface area contributed by atoms with Crippen LogP contribution in [0.25, 0.3) is 0 Å². The third-order valence-corrected chi connectivity index (χ3v) is 5.71. The Morgan fingerprint density at radius 2 is 1.92 bits per heavy atom. The lowest BCUT2D eigenvalue weighted by atomic mass is 9.64. The molecule has 1 aliphatic heterocycles. The van der Waals surface area contributed by atoms with E-state index in [2.05, 4.69) is 54.4 Å². The fourth-order valence-electron chi connectivity index (χ4n) is 4.06. The summed E-state index contributed by atoms with van der Waals surface area (Å²) in [4.78, 5) is 7.48. The van der Waals surface area contributed by atoms with E-state index in [0.29, 0.717) is 6.10 Å². The largest absolute Gasteiger partial charge is 0.378 e. The van der Waals surface area contributed by atoms with Crippen molar-refractivity contribution in [3.63, 3.8) is 0 Å². The first-order valence-electron chi connectivity index (χ1n) is 9.98. The highest BCUT2D eigenvalue weighted by molar-refractivity contribution is 5.80. The maximum Gasteiger partial charge on any atom is 0.193 e. The van der Waals surface area contributed by atoms with Gasteiger partial charge in [0.1, 0.15) is 0 Å². The second-order valence-corrected chi connectivity index (χ2v) is 7.31. The summed E-state index contributed by atoms with van der Waals surface area (Å²) in [6, 6.07) is 11.0. The quantitative estimate of drug-likeness (QED) is 0.634. The standard InChI is InChI=1S/C21H33N3O/c1-3-22-20(24-15-11-19(12-16-24)25-4-2)23-17-21(13-8-14-21)18-9-6-5-7-10-18/h5-7,9-10,19H,3-4,8,11-17H2,1-2H3,(H,22,23). The minimum Gasteiger partial charge on any atom is -0.378 e. The molecule has 0 aromatic heterocycles. The zero-order valence-electron chi connectivity index (χ0n) is 15.8. The number of benzene rings is 1. The molecular weight excluding hydrogens is 310 g/mol. The Labute approximate surface area is 152 Å². The Morgan fingerprint density at radius 1 is 1.20 bits per heavy atom. The van der Waals surface area contributed by atoms with E-state index in [4.69, 9.17) is 9.73 Å². The molecule has 1 aliphatic carbocycles. The van der Waals surface area contributed by atoms with Crippen molar-refractivity contribution in [3.8, 4) is 0 Å². The molecule has 2 fully saturated rings. The van der Waals surface area contributed by atoms with Crippen molar-refractivity contribution in [3.05, 3.63) is 35.9 Å². The monoisotopic (exact) mass is 343 g/mol. The van der Waals surface area contributed by atoms with Gasteiger partial charge in [0.05, 0.1) is 12.6 Å². The summed E-state index contributed by atoms with van der Waals surface area (Å²) in [5, 5.41) is 3.51. The Kier molecular flexibility index (Phi) is 6.35. The van der Waals surface area contributed by atoms with Crippen LogP contribution in [-0.4, -0.2) is 49.7 Å². The van der Waals surface area contributed by atoms with Gasteiger partial charge in [-0.25, -0.2) is 0 Å². The van der Waals surface area contributed by atoms with E-state index in [-0.39, 0.29) is 5.41 Å². The number of nitrogens with one attached hydrogen (secondary N) is 1. The van der Waals surface area contributed by atoms with Crippen LogP contribution in [0.5, 0.6) is 0 Å². The van der Waals surface area contributed by atoms with Crippen LogP contribution in [0.4, 0.5) is 0 Å². The molecule has 4 heteroatoms. The Bertz CT molecular complexity index is 546. The van der Waals surface area contributed by atoms with E-state index in [9.17, 15) is 0 Å². The number of likely N-dealkylation sites (tertiary alicyclic amines) is 1. The fourth-order valence-corrected chi connectivity index (χ4v) is 4.06. The van der Waals surface area contributed by atoms with Crippen molar-refractivity contribution >= 4 is 5.96 Å². The van der Waals surface area contributed by atoms with Gasteiger partial charge in [-0.2, -0.15) is 0 Å². The highest BCUT2D eigenvalue weighted by atomic mass is 16.5. The van der Waals surface area contributed by atoms with Gasteiger partial charge in [-0.15, -0.1) is 0 Å². The van der Waals surface area contributed by atoms with Crippen LogP contribution in [0.1, 0.15) is 51.5 Å². The first kappa shape index (κ1) is 18.2. The van der Waals surface area contributed by atoms with E-state index in [1.165, 1.54) is 24.8 Å². The molecule has 1 aromatic rings. The van der Waals surface area contributed by atoms with Crippen LogP contribution in [0.3, 0.4) is 0 Å². The molecular formula is C21H33N3O. The maximum atomic E-state index is 5.78. The van der Waals surface area contributed by atoms with Gasteiger partial charge in [-0.05, 0) is 45.1 Å². The highest BCUT2D eigenvalue weighted by Gasteiger charge is 2.38. The average molecular weight is 344 g/mol. The number of aliphatic imine (C=N–C) groups is 1. The van der Waals surface area contributed by atoms with Crippen molar-refractivity contribution in [2.75, 3.05) is 32.8 Å². The zero-order chi connectivity index (χ0) is 17.5. The van der Waals surface area contributed by atoms with Gasteiger partial charge in [-0.1, -0.05) is 36.8 Å². The smallest absolute Gasteiger partial charge is 0.193 e. The molecule has 0 amide bonds. The zero-order valence-corrected chi connectivity index (χ0v) is 15.8. The number of hydrogen-bond acceptors (Lipinski definition) is 2. The lowest BCUT2D eigenvalue weighted by Gasteiger charge is -2.42. The Balaban J connectivity index is 1.66. The predicted molar refractivity (Wildman–Crippen MR) is 104 cm³/mol. The summed E-state index contributed by atoms with van der Waals surface area (Å²) in [7, 11) is 0. The molecule has 0 unspecified atom stereocenters. The van der Waals surface area contributed by atoms with Crippen LogP contribution in [-0.2, 0) is 10.2 Å². The van der Waals surface area contributed by atoms with Crippen molar-refractivity contribution in [1.82, 2.24) is 10.2 Å². The first-order valence-corrected chi connectivity index (χ1v) is 9.98. The van der Waals surface area contributed by atoms with Gasteiger partial charge in [-0.3, -0.25) is 4.99 Å². The number of piperidine rings is 1. The van der Waals surface area contributed by atoms with E-state index >= 15 is 0 Å². The maximum absolute atomic E-state index is 5.78. The van der Waals surface area contributed by atoms with E-state index in [0.717, 1.165) is 51.6 Å². The SMILES string of the molecule is CCNC(=NCC1(c2ccccc2)CCC1)N1CCC(OCC)CC1. The van der Waals surface area contributed by atoms with Gasteiger partial charge >= 0.3 is 0 Å². The molecule has 4 nitrogen and oxygen atoms in total. The lowest BCUT2D eigenvalue weighted by Crippen LogP contribution is -2.48. The van der Waals surface area contributed by atoms with E-state index < -0.39 is 0 Å². The summed E-state index contributed by atoms with van der Waals surface area (Å²) in [5.74, 6) is 1.08. The van der Waals surface area contributed by atoms with Crippen LogP contribution in [0, 0.1) is 0 Å². The van der Waals surface area contributed by atoms with Crippen LogP contribution >= 0.6 is 0 Å². The topological polar surface area (TPSA) is 36.9 Å². The van der Waals surface area contributed by atoms with E-state index in [1.54, 1.807) is 0 Å². The minimum absolute atomic E-state index is 0.256. The van der Waals surface area contributed by atoms with Crippen molar-refractivity contribution in [2.45, 2.75) is 57.5 Å². The molecule has 3 rings (SSSR count). The molecule has 0 radical (unpaired) electrons. The molecule has 2 aliphatic rings. The van der Waals surface area contributed by atoms with Gasteiger partial charge in [0.25, 0.3) is 0 Å². The summed E-state index contributed by atoms with van der Waals surface area (Å²) >= 11 is 0. The van der Waals surface area contributed by atoms with Gasteiger partial charge < -0.3 is 15.0 Å². The van der Waals surface area contributed by atoms with Crippen LogP contribution in [0.2, 0.25) is 0 Å². The summed E-state index contributed by atoms with van der Waals surface area (Å²) in [6.07, 6.45) is 6.45. The minimum atomic E-state index is 0.256. The van der Waals surface area contributed by atoms with Gasteiger partial charge in [0.15, 0.2) is 5.96 Å². The molecule has 1 N–H and O–H groups in total. The van der Waals surface area contributed by atoms with E-state index in [1.807, 2.05) is 0 Å². The molecule has 25 heavy (non-hydrogen) atoms. The predicted octanol–water partition coefficient (Wildman–Crippen LogP) is 3.57. The molecule has 0 spiro atoms. The molecule has 0 bridgehead atoms. The lowest BCUT2D eigenvalue weighted by molar-refractivity contribution is 0.0263. The van der Waals surface area contributed by atoms with Crippen molar-refractivity contribution < 1.29 is 4.74 Å². The number of guanidine groups is 1. The highest BCUT2D eigenvalue weighted by Crippen LogP contribution is 2.43. The number of hydrogen-bond donors (Lipinski definition) is 1. The van der Waals surface area contributed by atoms with Crippen LogP contribution in [0.15, 0.2) is 35.3 Å². The third kappa shape index (κ3) is 4.35. The fraction of sp³-hybridized carbons (Fsp3) is 0.667. The summed E-state index contributed by atoms with van der Waals surface area (Å²) < 4.78 is 5.78. The van der Waals surface area contributed by atoms with Gasteiger partial charge in [0.2, 0.25) is 0 Å². The normalized spacial score (nSPS) is 21.0. The van der Waals surface area contributed by atoms with Crippen LogP contribution < -0.4 is 5.32 Å². The van der Waals surface area contributed by atoms with Crippen molar-refractivity contribution in [2.24, 2.45) is 4.99 Å². The number of ether oxygens (including phenoxy) is 1. The molecule has 1 heterocycles. The number of nitrogens with zero attached hydrogens (tertiary/aromatic N) is 2. The molecule has 1 saturated heterocycles. The Morgan fingerprint density at radius 3 is 2.48 bits per heavy atom. The molecule has 0 atom stereocenters. The third-order valence-electron chi connectivity index (χ3n) is 5.71. The van der Waals surface area contributed by atoms with Crippen molar-refractivity contribution in [1.29, 1.82) is 0 Å². The summed E-state index contributed by atoms with van der Waals surface area (Å²) in [6.45, 7) is 8.94. The second kappa shape index (κ2) is 8.70. The molecule has 1 aromatic carbocycles. The Hall–Kier alpha value is -1.55. The molecule has 1 saturated carbocycles.